The van der Waals surface area contributed by atoms with Crippen molar-refractivity contribution in [2.24, 2.45) is 0 Å². The Bertz CT molecular complexity index is 1120. The quantitative estimate of drug-likeness (QED) is 0.595. The summed E-state index contributed by atoms with van der Waals surface area (Å²) in [5, 5.41) is 3.72. The van der Waals surface area contributed by atoms with E-state index in [1.807, 2.05) is 18.2 Å². The number of para-hydroxylation sites is 1. The topological polar surface area (TPSA) is 67.4 Å². The van der Waals surface area contributed by atoms with Gasteiger partial charge >= 0.3 is 0 Å². The van der Waals surface area contributed by atoms with Gasteiger partial charge < -0.3 is 10.1 Å². The number of ether oxygens (including phenoxy) is 1. The average Bonchev–Trinajstić information content (AvgIpc) is 3.04. The molecule has 0 unspecified atom stereocenters. The van der Waals surface area contributed by atoms with Gasteiger partial charge in [0.1, 0.15) is 5.75 Å². The summed E-state index contributed by atoms with van der Waals surface area (Å²) in [6, 6.07) is 19.4. The van der Waals surface area contributed by atoms with Crippen LogP contribution in [0.2, 0.25) is 5.02 Å². The molecule has 0 aromatic heterocycles. The van der Waals surface area contributed by atoms with Crippen LogP contribution in [-0.2, 0) is 16.4 Å². The van der Waals surface area contributed by atoms with Crippen LogP contribution >= 0.6 is 11.6 Å². The molecule has 1 atom stereocenters. The Labute approximate surface area is 169 Å². The minimum absolute atomic E-state index is 0.202. The van der Waals surface area contributed by atoms with Gasteiger partial charge in [0.15, 0.2) is 5.75 Å². The number of rotatable bonds is 5. The first-order valence-corrected chi connectivity index (χ1v) is 10.7. The first kappa shape index (κ1) is 18.7. The Morgan fingerprint density at radius 3 is 2.64 bits per heavy atom. The van der Waals surface area contributed by atoms with E-state index >= 15 is 0 Å². The SMILES string of the molecule is C[C@@H]1Cc2cc(S(=O)(=O)Nc3cc(Cl)ccc3Oc3ccccc3)ccc2N1. The molecule has 0 radical (unpaired) electrons. The molecule has 0 spiro atoms. The molecule has 1 heterocycles. The van der Waals surface area contributed by atoms with Crippen molar-refractivity contribution in [1.29, 1.82) is 0 Å². The number of hydrogen-bond acceptors (Lipinski definition) is 4. The molecule has 0 bridgehead atoms. The maximum Gasteiger partial charge on any atom is 0.262 e. The van der Waals surface area contributed by atoms with Gasteiger partial charge in [0.05, 0.1) is 10.6 Å². The van der Waals surface area contributed by atoms with Gasteiger partial charge in [-0.2, -0.15) is 0 Å². The lowest BCUT2D eigenvalue weighted by atomic mass is 10.1. The zero-order valence-corrected chi connectivity index (χ0v) is 16.7. The summed E-state index contributed by atoms with van der Waals surface area (Å²) >= 11 is 6.09. The van der Waals surface area contributed by atoms with Gasteiger partial charge in [0.2, 0.25) is 0 Å². The Kier molecular flexibility index (Phi) is 4.91. The van der Waals surface area contributed by atoms with Crippen LogP contribution in [0.25, 0.3) is 0 Å². The standard InChI is InChI=1S/C21H19ClN2O3S/c1-14-11-15-12-18(8-9-19(15)23-14)28(25,26)24-20-13-16(22)7-10-21(20)27-17-5-3-2-4-6-17/h2-10,12-14,23-24H,11H2,1H3/t14-/m1/s1. The molecular weight excluding hydrogens is 396 g/mol. The number of fused-ring (bicyclic) bond motifs is 1. The molecule has 2 N–H and O–H groups in total. The second-order valence-electron chi connectivity index (χ2n) is 6.73. The van der Waals surface area contributed by atoms with Gasteiger partial charge in [-0.05, 0) is 67.4 Å². The number of nitrogens with one attached hydrogen (secondary N) is 2. The van der Waals surface area contributed by atoms with Crippen LogP contribution in [0.4, 0.5) is 11.4 Å². The van der Waals surface area contributed by atoms with E-state index in [4.69, 9.17) is 16.3 Å². The number of anilines is 2. The third kappa shape index (κ3) is 3.93. The molecule has 0 saturated heterocycles. The number of hydrogen-bond donors (Lipinski definition) is 2. The van der Waals surface area contributed by atoms with Gasteiger partial charge in [-0.15, -0.1) is 0 Å². The van der Waals surface area contributed by atoms with E-state index in [1.54, 1.807) is 42.5 Å². The van der Waals surface area contributed by atoms with Crippen LogP contribution in [0.5, 0.6) is 11.5 Å². The van der Waals surface area contributed by atoms with Gasteiger partial charge in [-0.3, -0.25) is 4.72 Å². The Hall–Kier alpha value is -2.70. The molecule has 3 aromatic rings. The first-order chi connectivity index (χ1) is 13.4. The normalized spacial score (nSPS) is 15.6. The lowest BCUT2D eigenvalue weighted by Crippen LogP contribution is -2.14. The number of benzene rings is 3. The Morgan fingerprint density at radius 1 is 1.07 bits per heavy atom. The summed E-state index contributed by atoms with van der Waals surface area (Å²) in [6.45, 7) is 2.06. The average molecular weight is 415 g/mol. The van der Waals surface area contributed by atoms with E-state index in [2.05, 4.69) is 17.0 Å². The molecule has 0 aliphatic carbocycles. The van der Waals surface area contributed by atoms with Crippen molar-refractivity contribution >= 4 is 33.0 Å². The largest absolute Gasteiger partial charge is 0.455 e. The molecule has 3 aromatic carbocycles. The second kappa shape index (κ2) is 7.37. The van der Waals surface area contributed by atoms with E-state index in [9.17, 15) is 8.42 Å². The van der Waals surface area contributed by atoms with Crippen LogP contribution in [0.1, 0.15) is 12.5 Å². The molecule has 0 fully saturated rings. The third-order valence-corrected chi connectivity index (χ3v) is 6.07. The highest BCUT2D eigenvalue weighted by atomic mass is 35.5. The van der Waals surface area contributed by atoms with Crippen LogP contribution in [-0.4, -0.2) is 14.5 Å². The lowest BCUT2D eigenvalue weighted by molar-refractivity contribution is 0.485. The summed E-state index contributed by atoms with van der Waals surface area (Å²) in [5.41, 5.74) is 2.24. The van der Waals surface area contributed by atoms with Crippen LogP contribution < -0.4 is 14.8 Å². The van der Waals surface area contributed by atoms with Crippen molar-refractivity contribution in [2.45, 2.75) is 24.3 Å². The first-order valence-electron chi connectivity index (χ1n) is 8.85. The highest BCUT2D eigenvalue weighted by Crippen LogP contribution is 2.34. The third-order valence-electron chi connectivity index (χ3n) is 4.47. The van der Waals surface area contributed by atoms with E-state index in [0.717, 1.165) is 17.7 Å². The van der Waals surface area contributed by atoms with Gasteiger partial charge in [0, 0.05) is 16.8 Å². The summed E-state index contributed by atoms with van der Waals surface area (Å²) < 4.78 is 34.4. The van der Waals surface area contributed by atoms with Gasteiger partial charge in [-0.25, -0.2) is 8.42 Å². The number of halogens is 1. The minimum Gasteiger partial charge on any atom is -0.455 e. The fourth-order valence-corrected chi connectivity index (χ4v) is 4.47. The predicted molar refractivity (Wildman–Crippen MR) is 112 cm³/mol. The van der Waals surface area contributed by atoms with Crippen molar-refractivity contribution < 1.29 is 13.2 Å². The zero-order valence-electron chi connectivity index (χ0n) is 15.1. The van der Waals surface area contributed by atoms with E-state index in [0.29, 0.717) is 22.6 Å². The molecular formula is C21H19ClN2O3S. The van der Waals surface area contributed by atoms with Crippen molar-refractivity contribution in [3.05, 3.63) is 77.3 Å². The fourth-order valence-electron chi connectivity index (χ4n) is 3.18. The smallest absolute Gasteiger partial charge is 0.262 e. The summed E-state index contributed by atoms with van der Waals surface area (Å²) in [4.78, 5) is 0.202. The zero-order chi connectivity index (χ0) is 19.7. The molecule has 7 heteroatoms. The van der Waals surface area contributed by atoms with Crippen LogP contribution in [0.15, 0.2) is 71.6 Å². The highest BCUT2D eigenvalue weighted by Gasteiger charge is 2.22. The van der Waals surface area contributed by atoms with Gasteiger partial charge in [0.25, 0.3) is 10.0 Å². The maximum absolute atomic E-state index is 13.0. The fraction of sp³-hybridized carbons (Fsp3) is 0.143. The van der Waals surface area contributed by atoms with Crippen LogP contribution in [0.3, 0.4) is 0 Å². The van der Waals surface area contributed by atoms with E-state index < -0.39 is 10.0 Å². The summed E-state index contributed by atoms with van der Waals surface area (Å²) in [5.74, 6) is 0.971. The second-order valence-corrected chi connectivity index (χ2v) is 8.85. The Balaban J connectivity index is 1.65. The summed E-state index contributed by atoms with van der Waals surface area (Å²) in [6.07, 6.45) is 0.790. The van der Waals surface area contributed by atoms with Crippen molar-refractivity contribution in [1.82, 2.24) is 0 Å². The van der Waals surface area contributed by atoms with E-state index in [1.165, 1.54) is 6.07 Å². The van der Waals surface area contributed by atoms with Crippen LogP contribution in [0, 0.1) is 0 Å². The van der Waals surface area contributed by atoms with E-state index in [-0.39, 0.29) is 10.6 Å². The Morgan fingerprint density at radius 2 is 1.86 bits per heavy atom. The molecule has 4 rings (SSSR count). The molecule has 0 saturated carbocycles. The van der Waals surface area contributed by atoms with Crippen molar-refractivity contribution in [3.8, 4) is 11.5 Å². The molecule has 1 aliphatic heterocycles. The molecule has 0 amide bonds. The molecule has 1 aliphatic rings. The highest BCUT2D eigenvalue weighted by molar-refractivity contribution is 7.92. The monoisotopic (exact) mass is 414 g/mol. The molecule has 28 heavy (non-hydrogen) atoms. The maximum atomic E-state index is 13.0. The van der Waals surface area contributed by atoms with Crippen molar-refractivity contribution in [2.75, 3.05) is 10.0 Å². The lowest BCUT2D eigenvalue weighted by Gasteiger charge is -2.14. The van der Waals surface area contributed by atoms with Crippen molar-refractivity contribution in [3.63, 3.8) is 0 Å². The molecule has 5 nitrogen and oxygen atoms in total. The number of sulfonamides is 1. The predicted octanol–water partition coefficient (Wildman–Crippen LogP) is 5.29. The minimum atomic E-state index is -3.80. The van der Waals surface area contributed by atoms with Gasteiger partial charge in [-0.1, -0.05) is 29.8 Å². The summed E-state index contributed by atoms with van der Waals surface area (Å²) in [7, 11) is -3.80. The molecule has 144 valence electrons.